The van der Waals surface area contributed by atoms with Gasteiger partial charge in [-0.05, 0) is 76.1 Å². The third-order valence-electron chi connectivity index (χ3n) is 6.44. The van der Waals surface area contributed by atoms with Gasteiger partial charge in [-0.3, -0.25) is 29.0 Å². The first-order chi connectivity index (χ1) is 16.3. The molecule has 2 amide bonds. The van der Waals surface area contributed by atoms with Crippen molar-refractivity contribution in [2.24, 2.45) is 0 Å². The summed E-state index contributed by atoms with van der Waals surface area (Å²) in [4.78, 5) is 51.9. The molecule has 0 bridgehead atoms. The lowest BCUT2D eigenvalue weighted by molar-refractivity contribution is -0.146. The van der Waals surface area contributed by atoms with Crippen molar-refractivity contribution in [1.29, 1.82) is 0 Å². The number of benzene rings is 1. The van der Waals surface area contributed by atoms with Crippen LogP contribution in [0.2, 0.25) is 0 Å². The van der Waals surface area contributed by atoms with Gasteiger partial charge in [0.1, 0.15) is 12.1 Å². The summed E-state index contributed by atoms with van der Waals surface area (Å²) >= 11 is 0. The minimum atomic E-state index is -1.00. The Morgan fingerprint density at radius 3 is 1.26 bits per heavy atom. The Kier molecular flexibility index (Phi) is 9.41. The number of rotatable bonds is 10. The van der Waals surface area contributed by atoms with E-state index in [-0.39, 0.29) is 24.7 Å². The Balaban J connectivity index is 1.50. The largest absolute Gasteiger partial charge is 0.480 e. The molecule has 0 spiro atoms. The van der Waals surface area contributed by atoms with Crippen LogP contribution in [0.1, 0.15) is 51.4 Å². The van der Waals surface area contributed by atoms with E-state index in [1.807, 2.05) is 9.80 Å². The predicted molar refractivity (Wildman–Crippen MR) is 127 cm³/mol. The van der Waals surface area contributed by atoms with E-state index in [1.54, 1.807) is 24.3 Å². The van der Waals surface area contributed by atoms with Crippen LogP contribution >= 0.6 is 0 Å². The Labute approximate surface area is 199 Å². The van der Waals surface area contributed by atoms with Gasteiger partial charge in [-0.2, -0.15) is 0 Å². The lowest BCUT2D eigenvalue weighted by Crippen LogP contribution is -2.46. The lowest BCUT2D eigenvalue weighted by Gasteiger charge is -2.31. The third-order valence-corrected chi connectivity index (χ3v) is 6.44. The lowest BCUT2D eigenvalue weighted by atomic mass is 10.1. The van der Waals surface area contributed by atoms with Gasteiger partial charge in [0.05, 0.1) is 12.8 Å². The number of hydrogen-bond acceptors (Lipinski definition) is 6. The number of likely N-dealkylation sites (tertiary alicyclic amines) is 2. The maximum absolute atomic E-state index is 12.4. The average molecular weight is 475 g/mol. The van der Waals surface area contributed by atoms with Crippen molar-refractivity contribution in [3.63, 3.8) is 0 Å². The molecule has 2 heterocycles. The molecule has 10 heteroatoms. The minimum absolute atomic E-state index is 0.138. The molecule has 0 aromatic heterocycles. The first kappa shape index (κ1) is 25.6. The number of aliphatic carboxylic acids is 2. The fraction of sp³-hybridized carbons (Fsp3) is 0.583. The average Bonchev–Trinajstić information content (AvgIpc) is 2.83. The summed E-state index contributed by atoms with van der Waals surface area (Å²) in [6.45, 7) is 2.72. The minimum Gasteiger partial charge on any atom is -0.480 e. The number of piperidine rings is 2. The summed E-state index contributed by atoms with van der Waals surface area (Å²) in [5, 5.41) is 24.5. The Bertz CT molecular complexity index is 792. The summed E-state index contributed by atoms with van der Waals surface area (Å²) in [5.74, 6) is -2.78. The van der Waals surface area contributed by atoms with Gasteiger partial charge in [-0.1, -0.05) is 12.8 Å². The van der Waals surface area contributed by atoms with E-state index in [0.29, 0.717) is 37.6 Å². The summed E-state index contributed by atoms with van der Waals surface area (Å²) in [6, 6.07) is 4.77. The smallest absolute Gasteiger partial charge is 0.321 e. The molecule has 1 aromatic rings. The zero-order valence-corrected chi connectivity index (χ0v) is 19.4. The third kappa shape index (κ3) is 7.53. The van der Waals surface area contributed by atoms with Gasteiger partial charge in [-0.15, -0.1) is 0 Å². The van der Waals surface area contributed by atoms with Crippen LogP contribution in [0.15, 0.2) is 24.3 Å². The molecule has 2 saturated heterocycles. The Hall–Kier alpha value is -2.98. The van der Waals surface area contributed by atoms with Crippen LogP contribution in [0, 0.1) is 0 Å². The second-order valence-corrected chi connectivity index (χ2v) is 8.98. The standard InChI is InChI=1S/C24H34N4O6/c29-21(15-19(23(31)32)27-11-3-1-4-12-27)25-17-7-9-18(10-8-17)26-22(30)16-20(24(33)34)28-13-5-2-6-14-28/h7-10,19-20H,1-6,11-16H2,(H,25,29)(H,26,30)(H,31,32)(H,33,34)/t19-,20+. The van der Waals surface area contributed by atoms with Gasteiger partial charge in [0.15, 0.2) is 0 Å². The molecule has 2 atom stereocenters. The van der Waals surface area contributed by atoms with E-state index in [9.17, 15) is 29.4 Å². The van der Waals surface area contributed by atoms with Crippen molar-refractivity contribution in [1.82, 2.24) is 9.80 Å². The van der Waals surface area contributed by atoms with Gasteiger partial charge in [0.25, 0.3) is 0 Å². The van der Waals surface area contributed by atoms with Crippen LogP contribution < -0.4 is 10.6 Å². The highest BCUT2D eigenvalue weighted by atomic mass is 16.4. The number of amides is 2. The van der Waals surface area contributed by atoms with Crippen LogP contribution in [-0.4, -0.2) is 82.0 Å². The molecule has 2 fully saturated rings. The number of carbonyl (C=O) groups excluding carboxylic acids is 2. The number of carboxylic acids is 2. The van der Waals surface area contributed by atoms with Crippen LogP contribution in [0.3, 0.4) is 0 Å². The topological polar surface area (TPSA) is 139 Å². The van der Waals surface area contributed by atoms with Crippen molar-refractivity contribution in [2.45, 2.75) is 63.5 Å². The number of carbonyl (C=O) groups is 4. The highest BCUT2D eigenvalue weighted by Gasteiger charge is 2.30. The molecule has 34 heavy (non-hydrogen) atoms. The number of carboxylic acid groups (broad SMARTS) is 2. The van der Waals surface area contributed by atoms with E-state index in [4.69, 9.17) is 0 Å². The molecule has 186 valence electrons. The number of hydrogen-bond donors (Lipinski definition) is 4. The Morgan fingerprint density at radius 2 is 0.971 bits per heavy atom. The van der Waals surface area contributed by atoms with Gasteiger partial charge in [0, 0.05) is 11.4 Å². The quantitative estimate of drug-likeness (QED) is 0.405. The summed E-state index contributed by atoms with van der Waals surface area (Å²) in [5.41, 5.74) is 0.977. The van der Waals surface area contributed by atoms with Crippen molar-refractivity contribution < 1.29 is 29.4 Å². The van der Waals surface area contributed by atoms with Crippen molar-refractivity contribution in [2.75, 3.05) is 36.8 Å². The summed E-state index contributed by atoms with van der Waals surface area (Å²) in [7, 11) is 0. The SMILES string of the molecule is O=C(C[C@H](C(=O)O)N1CCCCC1)Nc1ccc(NC(=O)C[C@@H](C(=O)O)N2CCCCC2)cc1. The van der Waals surface area contributed by atoms with Gasteiger partial charge >= 0.3 is 11.9 Å². The van der Waals surface area contributed by atoms with Crippen LogP contribution in [-0.2, 0) is 19.2 Å². The van der Waals surface area contributed by atoms with Crippen molar-refractivity contribution in [3.8, 4) is 0 Å². The van der Waals surface area contributed by atoms with Gasteiger partial charge in [0.2, 0.25) is 11.8 Å². The van der Waals surface area contributed by atoms with Crippen LogP contribution in [0.4, 0.5) is 11.4 Å². The van der Waals surface area contributed by atoms with Gasteiger partial charge < -0.3 is 20.8 Å². The molecule has 0 aliphatic carbocycles. The van der Waals surface area contributed by atoms with Crippen molar-refractivity contribution in [3.05, 3.63) is 24.3 Å². The summed E-state index contributed by atoms with van der Waals surface area (Å²) < 4.78 is 0. The van der Waals surface area contributed by atoms with E-state index in [0.717, 1.165) is 38.5 Å². The predicted octanol–water partition coefficient (Wildman–Crippen LogP) is 2.22. The molecule has 3 rings (SSSR count). The molecule has 4 N–H and O–H groups in total. The zero-order chi connectivity index (χ0) is 24.5. The van der Waals surface area contributed by atoms with Crippen molar-refractivity contribution >= 4 is 35.1 Å². The second kappa shape index (κ2) is 12.5. The molecular weight excluding hydrogens is 440 g/mol. The molecule has 0 saturated carbocycles. The normalized spacial score (nSPS) is 19.1. The second-order valence-electron chi connectivity index (χ2n) is 8.98. The monoisotopic (exact) mass is 474 g/mol. The van der Waals surface area contributed by atoms with Gasteiger partial charge in [-0.25, -0.2) is 0 Å². The van der Waals surface area contributed by atoms with E-state index in [1.165, 1.54) is 0 Å². The molecule has 0 radical (unpaired) electrons. The van der Waals surface area contributed by atoms with Crippen LogP contribution in [0.25, 0.3) is 0 Å². The molecule has 1 aromatic carbocycles. The number of nitrogens with one attached hydrogen (secondary N) is 2. The van der Waals surface area contributed by atoms with E-state index < -0.39 is 24.0 Å². The first-order valence-corrected chi connectivity index (χ1v) is 12.0. The zero-order valence-electron chi connectivity index (χ0n) is 19.4. The fourth-order valence-electron chi connectivity index (χ4n) is 4.62. The molecule has 10 nitrogen and oxygen atoms in total. The maximum atomic E-state index is 12.4. The maximum Gasteiger partial charge on any atom is 0.321 e. The highest BCUT2D eigenvalue weighted by molar-refractivity contribution is 5.96. The highest BCUT2D eigenvalue weighted by Crippen LogP contribution is 2.19. The molecule has 2 aliphatic heterocycles. The van der Waals surface area contributed by atoms with Crippen LogP contribution in [0.5, 0.6) is 0 Å². The molecule has 2 aliphatic rings. The number of anilines is 2. The number of nitrogens with zero attached hydrogens (tertiary/aromatic N) is 2. The Morgan fingerprint density at radius 1 is 0.647 bits per heavy atom. The summed E-state index contributed by atoms with van der Waals surface area (Å²) in [6.07, 6.45) is 5.61. The fourth-order valence-corrected chi connectivity index (χ4v) is 4.62. The van der Waals surface area contributed by atoms with E-state index in [2.05, 4.69) is 10.6 Å². The molecular formula is C24H34N4O6. The van der Waals surface area contributed by atoms with E-state index >= 15 is 0 Å². The molecule has 0 unspecified atom stereocenters. The first-order valence-electron chi connectivity index (χ1n) is 12.0.